The maximum Gasteiger partial charge on any atom is 0.217 e. The lowest BCUT2D eigenvalue weighted by molar-refractivity contribution is -0.274. The summed E-state index contributed by atoms with van der Waals surface area (Å²) in [6.07, 6.45) is 0. The molecule has 1 aliphatic heterocycles. The van der Waals surface area contributed by atoms with Gasteiger partial charge < -0.3 is 19.9 Å². The fraction of sp³-hybridized carbons (Fsp3) is 0.889. The lowest BCUT2D eigenvalue weighted by atomic mass is 10.0. The van der Waals surface area contributed by atoms with Gasteiger partial charge in [0.15, 0.2) is 5.79 Å². The molecule has 1 rings (SSSR count). The van der Waals surface area contributed by atoms with Gasteiger partial charge in [0.1, 0.15) is 5.54 Å². The second-order valence-corrected chi connectivity index (χ2v) is 4.10. The third kappa shape index (κ3) is 2.67. The molecular formula is C9H17NO4. The van der Waals surface area contributed by atoms with Crippen LogP contribution in [-0.4, -0.2) is 42.2 Å². The summed E-state index contributed by atoms with van der Waals surface area (Å²) >= 11 is 0. The summed E-state index contributed by atoms with van der Waals surface area (Å²) in [6, 6.07) is 0. The minimum atomic E-state index is -0.790. The van der Waals surface area contributed by atoms with Crippen molar-refractivity contribution in [2.75, 3.05) is 19.8 Å². The summed E-state index contributed by atoms with van der Waals surface area (Å²) in [5.74, 6) is -0.845. The van der Waals surface area contributed by atoms with Crippen LogP contribution in [0.3, 0.4) is 0 Å². The third-order valence-electron chi connectivity index (χ3n) is 2.14. The van der Waals surface area contributed by atoms with Crippen molar-refractivity contribution in [3.8, 4) is 0 Å². The molecule has 0 atom stereocenters. The predicted molar refractivity (Wildman–Crippen MR) is 49.6 cm³/mol. The van der Waals surface area contributed by atoms with Gasteiger partial charge in [0.2, 0.25) is 5.91 Å². The van der Waals surface area contributed by atoms with Crippen molar-refractivity contribution in [3.63, 3.8) is 0 Å². The molecular weight excluding hydrogens is 186 g/mol. The predicted octanol–water partition coefficient (Wildman–Crippen LogP) is -0.364. The minimum absolute atomic E-state index is 0.192. The minimum Gasteiger partial charge on any atom is -0.394 e. The van der Waals surface area contributed by atoms with E-state index in [9.17, 15) is 9.90 Å². The number of hydrogen-bond acceptors (Lipinski definition) is 4. The van der Waals surface area contributed by atoms with E-state index in [-0.39, 0.29) is 25.7 Å². The van der Waals surface area contributed by atoms with E-state index < -0.39 is 11.3 Å². The number of aliphatic hydroxyl groups excluding tert-OH is 1. The van der Waals surface area contributed by atoms with Gasteiger partial charge in [-0.3, -0.25) is 4.79 Å². The molecule has 5 nitrogen and oxygen atoms in total. The van der Waals surface area contributed by atoms with Gasteiger partial charge in [-0.25, -0.2) is 0 Å². The highest BCUT2D eigenvalue weighted by Gasteiger charge is 2.40. The van der Waals surface area contributed by atoms with E-state index in [1.165, 1.54) is 6.92 Å². The van der Waals surface area contributed by atoms with Crippen molar-refractivity contribution >= 4 is 5.91 Å². The molecule has 5 heteroatoms. The van der Waals surface area contributed by atoms with Crippen LogP contribution in [0.1, 0.15) is 20.8 Å². The average Bonchev–Trinajstić information content (AvgIpc) is 2.09. The van der Waals surface area contributed by atoms with Crippen molar-refractivity contribution in [1.82, 2.24) is 5.32 Å². The number of carbonyl (C=O) groups excluding carboxylic acids is 1. The van der Waals surface area contributed by atoms with Crippen molar-refractivity contribution in [2.24, 2.45) is 0 Å². The smallest absolute Gasteiger partial charge is 0.217 e. The maximum absolute atomic E-state index is 10.9. The van der Waals surface area contributed by atoms with Crippen molar-refractivity contribution in [1.29, 1.82) is 0 Å². The molecule has 0 aliphatic carbocycles. The Bertz CT molecular complexity index is 217. The van der Waals surface area contributed by atoms with Crippen LogP contribution in [0.5, 0.6) is 0 Å². The molecule has 0 aromatic heterocycles. The number of ether oxygens (including phenoxy) is 2. The molecule has 1 amide bonds. The van der Waals surface area contributed by atoms with E-state index in [2.05, 4.69) is 5.32 Å². The van der Waals surface area contributed by atoms with Gasteiger partial charge in [0, 0.05) is 6.92 Å². The number of rotatable bonds is 2. The van der Waals surface area contributed by atoms with Crippen LogP contribution in [0.4, 0.5) is 0 Å². The lowest BCUT2D eigenvalue weighted by Gasteiger charge is -2.42. The number of hydrogen-bond donors (Lipinski definition) is 2. The molecule has 0 unspecified atom stereocenters. The van der Waals surface area contributed by atoms with Gasteiger partial charge in [-0.2, -0.15) is 0 Å². The normalized spacial score (nSPS) is 24.3. The third-order valence-corrected chi connectivity index (χ3v) is 2.14. The van der Waals surface area contributed by atoms with Crippen molar-refractivity contribution in [3.05, 3.63) is 0 Å². The zero-order valence-corrected chi connectivity index (χ0v) is 8.79. The second-order valence-electron chi connectivity index (χ2n) is 4.10. The average molecular weight is 203 g/mol. The van der Waals surface area contributed by atoms with Gasteiger partial charge in [0.25, 0.3) is 0 Å². The topological polar surface area (TPSA) is 67.8 Å². The molecule has 2 N–H and O–H groups in total. The number of amides is 1. The molecule has 0 aromatic carbocycles. The van der Waals surface area contributed by atoms with Gasteiger partial charge >= 0.3 is 0 Å². The molecule has 0 saturated carbocycles. The Kier molecular flexibility index (Phi) is 3.14. The van der Waals surface area contributed by atoms with Gasteiger partial charge in [-0.05, 0) is 13.8 Å². The summed E-state index contributed by atoms with van der Waals surface area (Å²) < 4.78 is 10.8. The first-order valence-electron chi connectivity index (χ1n) is 4.57. The molecule has 1 saturated heterocycles. The fourth-order valence-corrected chi connectivity index (χ4v) is 1.28. The molecule has 0 bridgehead atoms. The van der Waals surface area contributed by atoms with Gasteiger partial charge in [0.05, 0.1) is 19.8 Å². The summed E-state index contributed by atoms with van der Waals surface area (Å²) in [4.78, 5) is 10.9. The van der Waals surface area contributed by atoms with Gasteiger partial charge in [-0.15, -0.1) is 0 Å². The molecule has 14 heavy (non-hydrogen) atoms. The van der Waals surface area contributed by atoms with E-state index >= 15 is 0 Å². The molecule has 1 heterocycles. The highest BCUT2D eigenvalue weighted by Crippen LogP contribution is 2.22. The molecule has 0 spiro atoms. The van der Waals surface area contributed by atoms with Gasteiger partial charge in [-0.1, -0.05) is 0 Å². The highest BCUT2D eigenvalue weighted by atomic mass is 16.7. The Morgan fingerprint density at radius 3 is 2.29 bits per heavy atom. The van der Waals surface area contributed by atoms with Crippen molar-refractivity contribution < 1.29 is 19.4 Å². The Labute approximate surface area is 83.4 Å². The van der Waals surface area contributed by atoms with Crippen LogP contribution in [-0.2, 0) is 14.3 Å². The Morgan fingerprint density at radius 1 is 1.43 bits per heavy atom. The number of nitrogens with one attached hydrogen (secondary N) is 1. The monoisotopic (exact) mass is 203 g/mol. The first kappa shape index (κ1) is 11.4. The zero-order valence-electron chi connectivity index (χ0n) is 8.79. The van der Waals surface area contributed by atoms with E-state index in [0.29, 0.717) is 0 Å². The van der Waals surface area contributed by atoms with E-state index in [1.54, 1.807) is 13.8 Å². The lowest BCUT2D eigenvalue weighted by Crippen LogP contribution is -2.62. The summed E-state index contributed by atoms with van der Waals surface area (Å²) in [6.45, 7) is 5.32. The summed E-state index contributed by atoms with van der Waals surface area (Å²) in [7, 11) is 0. The quantitative estimate of drug-likeness (QED) is 0.643. The Balaban J connectivity index is 2.61. The largest absolute Gasteiger partial charge is 0.394 e. The van der Waals surface area contributed by atoms with Crippen LogP contribution < -0.4 is 5.32 Å². The maximum atomic E-state index is 10.9. The van der Waals surface area contributed by atoms with Crippen LogP contribution in [0.2, 0.25) is 0 Å². The highest BCUT2D eigenvalue weighted by molar-refractivity contribution is 5.73. The number of carbonyl (C=O) groups is 1. The molecule has 1 fully saturated rings. The summed E-state index contributed by atoms with van der Waals surface area (Å²) in [5.41, 5.74) is -0.790. The molecule has 82 valence electrons. The SMILES string of the molecule is CC(=O)NC1(CO)COC(C)(C)OC1. The zero-order chi connectivity index (χ0) is 10.8. The molecule has 0 radical (unpaired) electrons. The van der Waals surface area contributed by atoms with Crippen molar-refractivity contribution in [2.45, 2.75) is 32.1 Å². The summed E-state index contributed by atoms with van der Waals surface area (Å²) in [5, 5.41) is 11.8. The second kappa shape index (κ2) is 3.84. The standard InChI is InChI=1S/C9H17NO4/c1-7(12)10-9(4-11)5-13-8(2,3)14-6-9/h11H,4-6H2,1-3H3,(H,10,12). The van der Waals surface area contributed by atoms with E-state index in [1.807, 2.05) is 0 Å². The number of aliphatic hydroxyl groups is 1. The fourth-order valence-electron chi connectivity index (χ4n) is 1.28. The van der Waals surface area contributed by atoms with Crippen LogP contribution in [0.15, 0.2) is 0 Å². The molecule has 0 aromatic rings. The van der Waals surface area contributed by atoms with E-state index in [0.717, 1.165) is 0 Å². The Hall–Kier alpha value is -0.650. The first-order valence-corrected chi connectivity index (χ1v) is 4.57. The van der Waals surface area contributed by atoms with E-state index in [4.69, 9.17) is 9.47 Å². The van der Waals surface area contributed by atoms with Crippen LogP contribution in [0.25, 0.3) is 0 Å². The van der Waals surface area contributed by atoms with Crippen LogP contribution >= 0.6 is 0 Å². The van der Waals surface area contributed by atoms with Crippen LogP contribution in [0, 0.1) is 0 Å². The Morgan fingerprint density at radius 2 is 1.93 bits per heavy atom. The first-order chi connectivity index (χ1) is 6.39. The molecule has 1 aliphatic rings.